The van der Waals surface area contributed by atoms with Crippen LogP contribution in [-0.2, 0) is 6.42 Å². The fourth-order valence-electron chi connectivity index (χ4n) is 2.59. The lowest BCUT2D eigenvalue weighted by Gasteiger charge is -2.16. The molecule has 0 radical (unpaired) electrons. The number of allylic oxidation sites excluding steroid dienone is 2. The van der Waals surface area contributed by atoms with Gasteiger partial charge in [-0.1, -0.05) is 36.4 Å². The first kappa shape index (κ1) is 12.2. The molecular formula is C16H19N3. The zero-order valence-corrected chi connectivity index (χ0v) is 11.0. The van der Waals surface area contributed by atoms with Gasteiger partial charge in [0, 0.05) is 18.3 Å². The Kier molecular flexibility index (Phi) is 3.73. The van der Waals surface area contributed by atoms with E-state index in [0.29, 0.717) is 5.92 Å². The molecule has 0 bridgehead atoms. The Morgan fingerprint density at radius 1 is 1.26 bits per heavy atom. The van der Waals surface area contributed by atoms with Crippen molar-refractivity contribution in [1.82, 2.24) is 5.43 Å². The molecule has 1 heterocycles. The van der Waals surface area contributed by atoms with E-state index in [1.165, 1.54) is 24.0 Å². The van der Waals surface area contributed by atoms with Gasteiger partial charge in [-0.25, -0.2) is 0 Å². The van der Waals surface area contributed by atoms with Gasteiger partial charge in [0.25, 0.3) is 0 Å². The number of amidine groups is 1. The highest BCUT2D eigenvalue weighted by Crippen LogP contribution is 2.16. The fourth-order valence-corrected chi connectivity index (χ4v) is 2.59. The monoisotopic (exact) mass is 253 g/mol. The van der Waals surface area contributed by atoms with Crippen LogP contribution in [0.25, 0.3) is 0 Å². The third-order valence-electron chi connectivity index (χ3n) is 3.69. The predicted molar refractivity (Wildman–Crippen MR) is 79.7 cm³/mol. The zero-order valence-electron chi connectivity index (χ0n) is 11.0. The van der Waals surface area contributed by atoms with Crippen LogP contribution >= 0.6 is 0 Å². The number of benzene rings is 1. The summed E-state index contributed by atoms with van der Waals surface area (Å²) in [6.07, 6.45) is 11.0. The zero-order chi connectivity index (χ0) is 12.9. The van der Waals surface area contributed by atoms with Crippen LogP contribution in [0.3, 0.4) is 0 Å². The third kappa shape index (κ3) is 2.92. The molecule has 3 rings (SSSR count). The topological polar surface area (TPSA) is 36.8 Å². The van der Waals surface area contributed by atoms with Gasteiger partial charge < -0.3 is 0 Å². The first-order valence-corrected chi connectivity index (χ1v) is 7.00. The van der Waals surface area contributed by atoms with Crippen molar-refractivity contribution in [3.63, 3.8) is 0 Å². The highest BCUT2D eigenvalue weighted by molar-refractivity contribution is 6.00. The van der Waals surface area contributed by atoms with Crippen molar-refractivity contribution in [2.45, 2.75) is 25.7 Å². The van der Waals surface area contributed by atoms with E-state index in [1.807, 2.05) is 6.21 Å². The van der Waals surface area contributed by atoms with Gasteiger partial charge in [-0.3, -0.25) is 10.4 Å². The van der Waals surface area contributed by atoms with Crippen molar-refractivity contribution < 1.29 is 0 Å². The minimum atomic E-state index is 0.567. The quantitative estimate of drug-likeness (QED) is 0.491. The maximum Gasteiger partial charge on any atom is 0.149 e. The molecule has 0 fully saturated rings. The smallest absolute Gasteiger partial charge is 0.149 e. The van der Waals surface area contributed by atoms with E-state index >= 15 is 0 Å². The Bertz CT molecular complexity index is 529. The molecule has 0 saturated carbocycles. The molecule has 1 aliphatic heterocycles. The number of hydrazone groups is 1. The number of hydrogen-bond acceptors (Lipinski definition) is 3. The average molecular weight is 253 g/mol. The summed E-state index contributed by atoms with van der Waals surface area (Å²) in [6, 6.07) is 8.41. The van der Waals surface area contributed by atoms with E-state index in [-0.39, 0.29) is 0 Å². The largest absolute Gasteiger partial charge is 0.266 e. The second kappa shape index (κ2) is 5.83. The second-order valence-corrected chi connectivity index (χ2v) is 5.07. The first-order valence-electron chi connectivity index (χ1n) is 7.00. The van der Waals surface area contributed by atoms with Crippen molar-refractivity contribution >= 4 is 12.1 Å². The summed E-state index contributed by atoms with van der Waals surface area (Å²) >= 11 is 0. The van der Waals surface area contributed by atoms with Gasteiger partial charge >= 0.3 is 0 Å². The summed E-state index contributed by atoms with van der Waals surface area (Å²) in [4.78, 5) is 4.53. The highest BCUT2D eigenvalue weighted by Gasteiger charge is 2.12. The molecule has 1 aromatic carbocycles. The number of aliphatic imine (C=N–C) groups is 1. The number of hydrogen-bond donors (Lipinski definition) is 1. The van der Waals surface area contributed by atoms with Gasteiger partial charge in [-0.05, 0) is 37.2 Å². The summed E-state index contributed by atoms with van der Waals surface area (Å²) in [7, 11) is 0. The minimum absolute atomic E-state index is 0.567. The summed E-state index contributed by atoms with van der Waals surface area (Å²) in [5, 5.41) is 4.38. The number of nitrogens with zero attached hydrogens (tertiary/aromatic N) is 2. The minimum Gasteiger partial charge on any atom is -0.266 e. The average Bonchev–Trinajstić information content (AvgIpc) is 2.49. The first-order chi connectivity index (χ1) is 9.43. The van der Waals surface area contributed by atoms with Crippen LogP contribution in [0.15, 0.2) is 46.5 Å². The van der Waals surface area contributed by atoms with Crippen LogP contribution in [0.1, 0.15) is 30.4 Å². The molecule has 1 aliphatic carbocycles. The normalized spacial score (nSPS) is 22.1. The molecule has 19 heavy (non-hydrogen) atoms. The van der Waals surface area contributed by atoms with E-state index < -0.39 is 0 Å². The fraction of sp³-hybridized carbons (Fsp3) is 0.375. The molecule has 0 saturated heterocycles. The molecule has 98 valence electrons. The van der Waals surface area contributed by atoms with Gasteiger partial charge in [0.1, 0.15) is 5.84 Å². The molecule has 0 spiro atoms. The molecule has 0 aromatic heterocycles. The number of fused-ring (bicyclic) bond motifs is 1. The Morgan fingerprint density at radius 2 is 2.21 bits per heavy atom. The molecule has 1 atom stereocenters. The van der Waals surface area contributed by atoms with Crippen LogP contribution in [0.4, 0.5) is 0 Å². The molecular weight excluding hydrogens is 234 g/mol. The van der Waals surface area contributed by atoms with Crippen LogP contribution < -0.4 is 5.43 Å². The van der Waals surface area contributed by atoms with Crippen LogP contribution in [-0.4, -0.2) is 18.6 Å². The Balaban J connectivity index is 1.65. The molecule has 1 unspecified atom stereocenters. The van der Waals surface area contributed by atoms with Crippen LogP contribution in [0.2, 0.25) is 0 Å². The van der Waals surface area contributed by atoms with Gasteiger partial charge in [-0.15, -0.1) is 0 Å². The van der Waals surface area contributed by atoms with E-state index in [0.717, 1.165) is 25.2 Å². The lowest BCUT2D eigenvalue weighted by Crippen LogP contribution is -2.25. The Hall–Kier alpha value is -1.90. The summed E-state index contributed by atoms with van der Waals surface area (Å²) in [5.74, 6) is 1.47. The molecule has 3 heteroatoms. The predicted octanol–water partition coefficient (Wildman–Crippen LogP) is 2.92. The van der Waals surface area contributed by atoms with E-state index in [4.69, 9.17) is 0 Å². The molecule has 2 aliphatic rings. The standard InChI is InChI=1S/C16H19N3/c1-2-6-13(7-3-1)12-18-19-16-15-9-5-4-8-14(15)10-11-17-16/h1-2,4-5,8-9,12-13H,3,6-7,10-11H2,(H,17,19). The lowest BCUT2D eigenvalue weighted by molar-refractivity contribution is 0.624. The van der Waals surface area contributed by atoms with Crippen LogP contribution in [0.5, 0.6) is 0 Å². The Labute approximate surface area is 114 Å². The van der Waals surface area contributed by atoms with E-state index in [9.17, 15) is 0 Å². The summed E-state index contributed by atoms with van der Waals surface area (Å²) < 4.78 is 0. The maximum atomic E-state index is 4.53. The van der Waals surface area contributed by atoms with Crippen molar-refractivity contribution in [1.29, 1.82) is 0 Å². The van der Waals surface area contributed by atoms with Crippen molar-refractivity contribution in [3.8, 4) is 0 Å². The molecule has 0 amide bonds. The SMILES string of the molecule is C1=CCC(C=NNC2=NCCc3ccccc32)CC1. The molecule has 1 N–H and O–H groups in total. The molecule has 1 aromatic rings. The van der Waals surface area contributed by atoms with Gasteiger partial charge in [0.05, 0.1) is 0 Å². The second-order valence-electron chi connectivity index (χ2n) is 5.07. The van der Waals surface area contributed by atoms with Crippen molar-refractivity contribution in [3.05, 3.63) is 47.5 Å². The van der Waals surface area contributed by atoms with Gasteiger partial charge in [0.15, 0.2) is 0 Å². The summed E-state index contributed by atoms with van der Waals surface area (Å²) in [5.41, 5.74) is 5.67. The Morgan fingerprint density at radius 3 is 3.11 bits per heavy atom. The van der Waals surface area contributed by atoms with E-state index in [1.54, 1.807) is 0 Å². The van der Waals surface area contributed by atoms with Crippen molar-refractivity contribution in [2.75, 3.05) is 6.54 Å². The summed E-state index contributed by atoms with van der Waals surface area (Å²) in [6.45, 7) is 0.848. The number of nitrogens with one attached hydrogen (secondary N) is 1. The van der Waals surface area contributed by atoms with Crippen LogP contribution in [0, 0.1) is 5.92 Å². The number of rotatable bonds is 2. The van der Waals surface area contributed by atoms with Gasteiger partial charge in [-0.2, -0.15) is 5.10 Å². The highest BCUT2D eigenvalue weighted by atomic mass is 15.3. The lowest BCUT2D eigenvalue weighted by atomic mass is 9.96. The maximum absolute atomic E-state index is 4.53. The van der Waals surface area contributed by atoms with Gasteiger partial charge in [0.2, 0.25) is 0 Å². The third-order valence-corrected chi connectivity index (χ3v) is 3.69. The van der Waals surface area contributed by atoms with Crippen molar-refractivity contribution in [2.24, 2.45) is 16.0 Å². The molecule has 3 nitrogen and oxygen atoms in total. The van der Waals surface area contributed by atoms with E-state index in [2.05, 4.69) is 51.9 Å².